The van der Waals surface area contributed by atoms with Crippen molar-refractivity contribution in [3.05, 3.63) is 35.9 Å². The van der Waals surface area contributed by atoms with E-state index in [-0.39, 0.29) is 7.40 Å². The van der Waals surface area contributed by atoms with E-state index in [1.54, 1.807) is 6.92 Å². The Kier molecular flexibility index (Phi) is 3.33. The van der Waals surface area contributed by atoms with E-state index >= 15 is 0 Å². The fourth-order valence-corrected chi connectivity index (χ4v) is 0.840. The molecule has 0 heterocycles. The highest BCUT2D eigenvalue weighted by molar-refractivity contribution is 5.68. The SMILES string of the molecule is CCC(=O)OCc1ccccc1.[HH]. The standard InChI is InChI=1S/C10H12O2.H2/c1-2-10(11)12-8-9-6-4-3-5-7-9;/h3-7H,2,8H2,1H3;1H. The highest BCUT2D eigenvalue weighted by atomic mass is 16.5. The fraction of sp³-hybridized carbons (Fsp3) is 0.300. The molecule has 1 rings (SSSR count). The van der Waals surface area contributed by atoms with Crippen molar-refractivity contribution in [2.75, 3.05) is 0 Å². The van der Waals surface area contributed by atoms with Crippen LogP contribution in [0.25, 0.3) is 0 Å². The molecule has 0 aliphatic rings. The number of carbonyl (C=O) groups is 1. The van der Waals surface area contributed by atoms with E-state index in [0.717, 1.165) is 5.56 Å². The van der Waals surface area contributed by atoms with Gasteiger partial charge in [0.15, 0.2) is 0 Å². The molecule has 0 saturated heterocycles. The molecule has 0 spiro atoms. The smallest absolute Gasteiger partial charge is 0.305 e. The average molecular weight is 166 g/mol. The second-order valence-corrected chi connectivity index (χ2v) is 2.50. The van der Waals surface area contributed by atoms with Gasteiger partial charge in [-0.3, -0.25) is 4.79 Å². The first-order chi connectivity index (χ1) is 5.83. The minimum absolute atomic E-state index is 0. The van der Waals surface area contributed by atoms with Crippen LogP contribution in [0.2, 0.25) is 0 Å². The molecule has 2 nitrogen and oxygen atoms in total. The lowest BCUT2D eigenvalue weighted by molar-refractivity contribution is -0.144. The molecular formula is C10H14O2. The van der Waals surface area contributed by atoms with Crippen LogP contribution in [0.1, 0.15) is 20.3 Å². The monoisotopic (exact) mass is 166 g/mol. The number of esters is 1. The summed E-state index contributed by atoms with van der Waals surface area (Å²) in [5.74, 6) is -0.154. The van der Waals surface area contributed by atoms with Gasteiger partial charge in [-0.25, -0.2) is 0 Å². The summed E-state index contributed by atoms with van der Waals surface area (Å²) in [4.78, 5) is 10.8. The van der Waals surface area contributed by atoms with Crippen molar-refractivity contribution >= 4 is 5.97 Å². The van der Waals surface area contributed by atoms with E-state index in [4.69, 9.17) is 4.74 Å². The van der Waals surface area contributed by atoms with Crippen molar-refractivity contribution < 1.29 is 11.0 Å². The number of rotatable bonds is 3. The zero-order chi connectivity index (χ0) is 8.81. The zero-order valence-corrected chi connectivity index (χ0v) is 7.12. The minimum Gasteiger partial charge on any atom is -0.461 e. The van der Waals surface area contributed by atoms with Crippen LogP contribution < -0.4 is 0 Å². The Hall–Kier alpha value is -1.31. The van der Waals surface area contributed by atoms with Crippen LogP contribution in [-0.4, -0.2) is 5.97 Å². The molecular weight excluding hydrogens is 152 g/mol. The topological polar surface area (TPSA) is 26.3 Å². The lowest BCUT2D eigenvalue weighted by atomic mass is 10.2. The van der Waals surface area contributed by atoms with Gasteiger partial charge in [0, 0.05) is 7.85 Å². The van der Waals surface area contributed by atoms with Crippen LogP contribution in [0.15, 0.2) is 30.3 Å². The quantitative estimate of drug-likeness (QED) is 0.644. The van der Waals surface area contributed by atoms with Gasteiger partial charge in [0.1, 0.15) is 6.61 Å². The van der Waals surface area contributed by atoms with E-state index in [9.17, 15) is 4.79 Å². The van der Waals surface area contributed by atoms with E-state index < -0.39 is 0 Å². The Morgan fingerprint density at radius 1 is 1.42 bits per heavy atom. The van der Waals surface area contributed by atoms with E-state index in [2.05, 4.69) is 0 Å². The summed E-state index contributed by atoms with van der Waals surface area (Å²) in [6, 6.07) is 9.65. The van der Waals surface area contributed by atoms with Crippen LogP contribution >= 0.6 is 0 Å². The first kappa shape index (κ1) is 8.78. The number of hydrogen-bond donors (Lipinski definition) is 0. The molecule has 2 heteroatoms. The lowest BCUT2D eigenvalue weighted by Crippen LogP contribution is -2.01. The molecule has 0 unspecified atom stereocenters. The summed E-state index contributed by atoms with van der Waals surface area (Å²) in [5, 5.41) is 0. The Morgan fingerprint density at radius 2 is 2.08 bits per heavy atom. The first-order valence-corrected chi connectivity index (χ1v) is 4.02. The summed E-state index contributed by atoms with van der Waals surface area (Å²) in [6.07, 6.45) is 0.437. The Balaban J connectivity index is 0.00000144. The molecule has 0 atom stereocenters. The third-order valence-electron chi connectivity index (χ3n) is 1.53. The van der Waals surface area contributed by atoms with Crippen molar-refractivity contribution in [3.63, 3.8) is 0 Å². The van der Waals surface area contributed by atoms with Gasteiger partial charge in [-0.15, -0.1) is 0 Å². The predicted molar refractivity (Wildman–Crippen MR) is 48.6 cm³/mol. The highest BCUT2D eigenvalue weighted by Gasteiger charge is 1.97. The molecule has 0 fully saturated rings. The molecule has 0 saturated carbocycles. The van der Waals surface area contributed by atoms with Crippen molar-refractivity contribution in [1.29, 1.82) is 0 Å². The molecule has 0 bridgehead atoms. The van der Waals surface area contributed by atoms with Gasteiger partial charge >= 0.3 is 5.97 Å². The van der Waals surface area contributed by atoms with Gasteiger partial charge in [0.05, 0.1) is 0 Å². The summed E-state index contributed by atoms with van der Waals surface area (Å²) in [5.41, 5.74) is 1.03. The summed E-state index contributed by atoms with van der Waals surface area (Å²) < 4.78 is 4.94. The second kappa shape index (κ2) is 4.54. The normalized spacial score (nSPS) is 9.42. The highest BCUT2D eigenvalue weighted by Crippen LogP contribution is 2.00. The molecule has 12 heavy (non-hydrogen) atoms. The summed E-state index contributed by atoms with van der Waals surface area (Å²) in [6.45, 7) is 2.17. The molecule has 0 aliphatic carbocycles. The lowest BCUT2D eigenvalue weighted by Gasteiger charge is -2.01. The maximum atomic E-state index is 10.8. The van der Waals surface area contributed by atoms with Crippen LogP contribution in [0.3, 0.4) is 0 Å². The molecule has 0 N–H and O–H groups in total. The molecule has 0 aromatic heterocycles. The van der Waals surface area contributed by atoms with Gasteiger partial charge in [0.2, 0.25) is 0 Å². The second-order valence-electron chi connectivity index (χ2n) is 2.50. The van der Waals surface area contributed by atoms with Crippen LogP contribution in [0, 0.1) is 0 Å². The third kappa shape index (κ3) is 2.74. The fourth-order valence-electron chi connectivity index (χ4n) is 0.840. The van der Waals surface area contributed by atoms with Gasteiger partial charge in [-0.2, -0.15) is 0 Å². The molecule has 0 radical (unpaired) electrons. The Morgan fingerprint density at radius 3 is 2.67 bits per heavy atom. The molecule has 66 valence electrons. The number of ether oxygens (including phenoxy) is 1. The summed E-state index contributed by atoms with van der Waals surface area (Å²) in [7, 11) is 0. The molecule has 1 aromatic carbocycles. The van der Waals surface area contributed by atoms with E-state index in [0.29, 0.717) is 13.0 Å². The van der Waals surface area contributed by atoms with Crippen molar-refractivity contribution in [3.8, 4) is 0 Å². The molecule has 1 aromatic rings. The van der Waals surface area contributed by atoms with Gasteiger partial charge < -0.3 is 4.74 Å². The number of carbonyl (C=O) groups excluding carboxylic acids is 1. The zero-order valence-electron chi connectivity index (χ0n) is 7.12. The van der Waals surface area contributed by atoms with Crippen LogP contribution in [0.4, 0.5) is 0 Å². The van der Waals surface area contributed by atoms with Gasteiger partial charge in [0.25, 0.3) is 0 Å². The van der Waals surface area contributed by atoms with Crippen molar-refractivity contribution in [2.45, 2.75) is 20.0 Å². The van der Waals surface area contributed by atoms with Crippen LogP contribution in [0.5, 0.6) is 0 Å². The summed E-state index contributed by atoms with van der Waals surface area (Å²) >= 11 is 0. The average Bonchev–Trinajstić information content (AvgIpc) is 2.16. The van der Waals surface area contributed by atoms with E-state index in [1.165, 1.54) is 0 Å². The Labute approximate surface area is 73.7 Å². The third-order valence-corrected chi connectivity index (χ3v) is 1.53. The number of hydrogen-bond acceptors (Lipinski definition) is 2. The Bertz CT molecular complexity index is 246. The van der Waals surface area contributed by atoms with Crippen molar-refractivity contribution in [1.82, 2.24) is 0 Å². The maximum Gasteiger partial charge on any atom is 0.305 e. The van der Waals surface area contributed by atoms with E-state index in [1.807, 2.05) is 30.3 Å². The van der Waals surface area contributed by atoms with Crippen molar-refractivity contribution in [2.24, 2.45) is 0 Å². The first-order valence-electron chi connectivity index (χ1n) is 4.02. The van der Waals surface area contributed by atoms with Gasteiger partial charge in [-0.1, -0.05) is 37.3 Å². The van der Waals surface area contributed by atoms with Crippen LogP contribution in [-0.2, 0) is 16.1 Å². The molecule has 0 aliphatic heterocycles. The maximum absolute atomic E-state index is 10.8. The minimum atomic E-state index is -0.154. The van der Waals surface area contributed by atoms with Gasteiger partial charge in [-0.05, 0) is 5.56 Å². The predicted octanol–water partition coefficient (Wildman–Crippen LogP) is 2.39. The molecule has 0 amide bonds. The largest absolute Gasteiger partial charge is 0.461 e. The number of benzene rings is 1.